The largest absolute Gasteiger partial charge is 0.290 e. The van der Waals surface area contributed by atoms with E-state index in [0.717, 1.165) is 21.1 Å². The molecular formula is C16H14N2OS2. The van der Waals surface area contributed by atoms with Gasteiger partial charge in [0.2, 0.25) is 0 Å². The Morgan fingerprint density at radius 1 is 1.29 bits per heavy atom. The first-order valence-electron chi connectivity index (χ1n) is 6.54. The van der Waals surface area contributed by atoms with Gasteiger partial charge in [-0.3, -0.25) is 9.36 Å². The Kier molecular flexibility index (Phi) is 4.22. The van der Waals surface area contributed by atoms with E-state index in [1.165, 1.54) is 16.9 Å². The fraction of sp³-hybridized carbons (Fsp3) is 0.125. The molecule has 0 aliphatic rings. The summed E-state index contributed by atoms with van der Waals surface area (Å²) in [5.41, 5.74) is 2.00. The first-order valence-corrected chi connectivity index (χ1v) is 8.41. The third-order valence-corrected chi connectivity index (χ3v) is 4.94. The van der Waals surface area contributed by atoms with Gasteiger partial charge < -0.3 is 0 Å². The Bertz CT molecular complexity index is 834. The first-order chi connectivity index (χ1) is 10.3. The number of hydrogen-bond donors (Lipinski definition) is 0. The van der Waals surface area contributed by atoms with E-state index in [9.17, 15) is 4.79 Å². The number of thioether (sulfide) groups is 1. The topological polar surface area (TPSA) is 34.9 Å². The number of nitrogens with zero attached hydrogens (tertiary/aromatic N) is 2. The van der Waals surface area contributed by atoms with E-state index in [4.69, 9.17) is 0 Å². The van der Waals surface area contributed by atoms with Crippen LogP contribution in [0.1, 0.15) is 5.56 Å². The third-order valence-electron chi connectivity index (χ3n) is 3.06. The molecule has 0 saturated heterocycles. The molecule has 5 heteroatoms. The van der Waals surface area contributed by atoms with Gasteiger partial charge in [-0.1, -0.05) is 54.2 Å². The van der Waals surface area contributed by atoms with E-state index in [1.54, 1.807) is 23.4 Å². The Morgan fingerprint density at radius 2 is 2.10 bits per heavy atom. The molecule has 0 amide bonds. The van der Waals surface area contributed by atoms with E-state index in [-0.39, 0.29) is 5.56 Å². The lowest BCUT2D eigenvalue weighted by Gasteiger charge is -2.05. The molecule has 3 rings (SSSR count). The van der Waals surface area contributed by atoms with Crippen molar-refractivity contribution in [3.05, 3.63) is 63.8 Å². The summed E-state index contributed by atoms with van der Waals surface area (Å²) in [6, 6.07) is 12.1. The van der Waals surface area contributed by atoms with Crippen molar-refractivity contribution in [3.8, 4) is 0 Å². The zero-order valence-corrected chi connectivity index (χ0v) is 13.2. The van der Waals surface area contributed by atoms with Gasteiger partial charge in [0, 0.05) is 12.8 Å². The van der Waals surface area contributed by atoms with E-state index in [2.05, 4.69) is 29.3 Å². The summed E-state index contributed by atoms with van der Waals surface area (Å²) in [4.78, 5) is 16.7. The minimum absolute atomic E-state index is 0.0320. The monoisotopic (exact) mass is 314 g/mol. The van der Waals surface area contributed by atoms with E-state index < -0.39 is 0 Å². The number of fused-ring (bicyclic) bond motifs is 1. The fourth-order valence-electron chi connectivity index (χ4n) is 1.97. The summed E-state index contributed by atoms with van der Waals surface area (Å²) in [7, 11) is 1.78. The molecule has 0 bridgehead atoms. The minimum atomic E-state index is 0.0320. The maximum Gasteiger partial charge on any atom is 0.271 e. The van der Waals surface area contributed by atoms with Crippen LogP contribution in [0.5, 0.6) is 0 Å². The smallest absolute Gasteiger partial charge is 0.271 e. The van der Waals surface area contributed by atoms with Crippen molar-refractivity contribution < 1.29 is 0 Å². The van der Waals surface area contributed by atoms with Gasteiger partial charge in [0.1, 0.15) is 4.70 Å². The third kappa shape index (κ3) is 3.09. The second-order valence-electron chi connectivity index (χ2n) is 4.52. The summed E-state index contributed by atoms with van der Waals surface area (Å²) in [6.07, 6.45) is 4.16. The van der Waals surface area contributed by atoms with Gasteiger partial charge in [-0.25, -0.2) is 4.98 Å². The predicted molar refractivity (Wildman–Crippen MR) is 91.1 cm³/mol. The zero-order valence-electron chi connectivity index (χ0n) is 11.5. The van der Waals surface area contributed by atoms with Crippen LogP contribution in [0.25, 0.3) is 16.3 Å². The summed E-state index contributed by atoms with van der Waals surface area (Å²) in [6.45, 7) is 0. The highest BCUT2D eigenvalue weighted by Gasteiger charge is 2.08. The molecular weight excluding hydrogens is 300 g/mol. The predicted octanol–water partition coefficient (Wildman–Crippen LogP) is 3.80. The Hall–Kier alpha value is -1.85. The summed E-state index contributed by atoms with van der Waals surface area (Å²) in [5, 5.41) is 2.66. The molecule has 0 radical (unpaired) electrons. The summed E-state index contributed by atoms with van der Waals surface area (Å²) < 4.78 is 2.35. The molecule has 2 aromatic heterocycles. The average molecular weight is 314 g/mol. The lowest BCUT2D eigenvalue weighted by atomic mass is 10.2. The molecule has 0 saturated carbocycles. The van der Waals surface area contributed by atoms with Crippen LogP contribution in [0.2, 0.25) is 0 Å². The van der Waals surface area contributed by atoms with E-state index in [1.807, 2.05) is 29.6 Å². The molecule has 0 fully saturated rings. The molecule has 0 spiro atoms. The van der Waals surface area contributed by atoms with Gasteiger partial charge in [0.05, 0.1) is 5.52 Å². The van der Waals surface area contributed by atoms with Gasteiger partial charge in [-0.05, 0) is 17.0 Å². The van der Waals surface area contributed by atoms with Crippen molar-refractivity contribution in [2.45, 2.75) is 5.16 Å². The number of thiophene rings is 1. The van der Waals surface area contributed by atoms with Crippen LogP contribution in [0.15, 0.2) is 57.8 Å². The molecule has 0 unspecified atom stereocenters. The van der Waals surface area contributed by atoms with Crippen LogP contribution in [0, 0.1) is 0 Å². The van der Waals surface area contributed by atoms with Gasteiger partial charge >= 0.3 is 0 Å². The summed E-state index contributed by atoms with van der Waals surface area (Å²) in [5.74, 6) is 0.783. The average Bonchev–Trinajstić information content (AvgIpc) is 2.98. The Labute approximate surface area is 131 Å². The van der Waals surface area contributed by atoms with E-state index in [0.29, 0.717) is 0 Å². The zero-order chi connectivity index (χ0) is 14.7. The highest BCUT2D eigenvalue weighted by molar-refractivity contribution is 7.99. The first kappa shape index (κ1) is 14.1. The normalized spacial score (nSPS) is 11.5. The van der Waals surface area contributed by atoms with Crippen molar-refractivity contribution in [1.29, 1.82) is 0 Å². The summed E-state index contributed by atoms with van der Waals surface area (Å²) >= 11 is 3.01. The van der Waals surface area contributed by atoms with E-state index >= 15 is 0 Å². The molecule has 0 N–H and O–H groups in total. The van der Waals surface area contributed by atoms with Gasteiger partial charge in [-0.2, -0.15) is 0 Å². The molecule has 3 aromatic rings. The molecule has 0 atom stereocenters. The van der Waals surface area contributed by atoms with Crippen molar-refractivity contribution >= 4 is 39.4 Å². The second kappa shape index (κ2) is 6.28. The van der Waals surface area contributed by atoms with Crippen molar-refractivity contribution in [2.24, 2.45) is 7.05 Å². The molecule has 106 valence electrons. The van der Waals surface area contributed by atoms with Crippen LogP contribution < -0.4 is 5.56 Å². The Morgan fingerprint density at radius 3 is 2.90 bits per heavy atom. The number of rotatable bonds is 4. The molecule has 3 nitrogen and oxygen atoms in total. The lowest BCUT2D eigenvalue weighted by Crippen LogP contribution is -2.18. The maximum absolute atomic E-state index is 12.2. The molecule has 0 aliphatic heterocycles. The molecule has 2 heterocycles. The maximum atomic E-state index is 12.2. The highest BCUT2D eigenvalue weighted by atomic mass is 32.2. The molecule has 1 aromatic carbocycles. The number of aromatic nitrogens is 2. The highest BCUT2D eigenvalue weighted by Crippen LogP contribution is 2.20. The van der Waals surface area contributed by atoms with Gasteiger partial charge in [-0.15, -0.1) is 11.3 Å². The second-order valence-corrected chi connectivity index (χ2v) is 6.42. The minimum Gasteiger partial charge on any atom is -0.290 e. The number of hydrogen-bond acceptors (Lipinski definition) is 4. The quantitative estimate of drug-likeness (QED) is 0.543. The molecule has 21 heavy (non-hydrogen) atoms. The molecule has 0 aliphatic carbocycles. The van der Waals surface area contributed by atoms with Crippen molar-refractivity contribution in [3.63, 3.8) is 0 Å². The van der Waals surface area contributed by atoms with Crippen LogP contribution in [-0.2, 0) is 7.05 Å². The van der Waals surface area contributed by atoms with Crippen molar-refractivity contribution in [1.82, 2.24) is 9.55 Å². The van der Waals surface area contributed by atoms with Gasteiger partial charge in [0.25, 0.3) is 5.56 Å². The Balaban J connectivity index is 1.75. The SMILES string of the molecule is Cn1c(SC/C=C/c2ccccc2)nc2ccsc2c1=O. The number of benzene rings is 1. The van der Waals surface area contributed by atoms with Gasteiger partial charge in [0.15, 0.2) is 5.16 Å². The fourth-order valence-corrected chi connectivity index (χ4v) is 3.55. The van der Waals surface area contributed by atoms with Crippen LogP contribution in [0.4, 0.5) is 0 Å². The van der Waals surface area contributed by atoms with Crippen LogP contribution in [0.3, 0.4) is 0 Å². The van der Waals surface area contributed by atoms with Crippen LogP contribution in [-0.4, -0.2) is 15.3 Å². The lowest BCUT2D eigenvalue weighted by molar-refractivity contribution is 0.728. The van der Waals surface area contributed by atoms with Crippen LogP contribution >= 0.6 is 23.1 Å². The standard InChI is InChI=1S/C16H14N2OS2/c1-18-15(19)14-13(9-11-20-14)17-16(18)21-10-5-8-12-6-3-2-4-7-12/h2-9,11H,10H2,1H3/b8-5+. The van der Waals surface area contributed by atoms with Crippen molar-refractivity contribution in [2.75, 3.05) is 5.75 Å².